The monoisotopic (exact) mass is 324 g/mol. The van der Waals surface area contributed by atoms with Crippen LogP contribution in [0.3, 0.4) is 0 Å². The van der Waals surface area contributed by atoms with Crippen LogP contribution in [0, 0.1) is 11.8 Å². The summed E-state index contributed by atoms with van der Waals surface area (Å²) in [5, 5.41) is 0. The van der Waals surface area contributed by atoms with Crippen LogP contribution in [0.5, 0.6) is 0 Å². The summed E-state index contributed by atoms with van der Waals surface area (Å²) in [6.07, 6.45) is 1.63. The normalized spacial score (nSPS) is 40.8. The first-order valence-corrected chi connectivity index (χ1v) is 9.55. The Morgan fingerprint density at radius 1 is 0.870 bits per heavy atom. The molecule has 1 saturated carbocycles. The first-order valence-electron chi connectivity index (χ1n) is 9.55. The Hall–Kier alpha value is -0.200. The predicted molar refractivity (Wildman–Crippen MR) is 94.3 cm³/mol. The van der Waals surface area contributed by atoms with Gasteiger partial charge in [0.2, 0.25) is 0 Å². The molecule has 5 atom stereocenters. The molecule has 2 saturated heterocycles. The molecule has 5 heteroatoms. The Kier molecular flexibility index (Phi) is 5.64. The maximum atomic E-state index is 6.28. The molecule has 0 aromatic heterocycles. The number of rotatable bonds is 4. The van der Waals surface area contributed by atoms with Crippen molar-refractivity contribution >= 4 is 0 Å². The highest BCUT2D eigenvalue weighted by Crippen LogP contribution is 2.41. The van der Waals surface area contributed by atoms with Crippen LogP contribution >= 0.6 is 0 Å². The third-order valence-electron chi connectivity index (χ3n) is 6.23. The molecule has 1 aliphatic carbocycles. The molecule has 0 aromatic rings. The van der Waals surface area contributed by atoms with Gasteiger partial charge in [0.25, 0.3) is 0 Å². The lowest BCUT2D eigenvalue weighted by Gasteiger charge is -2.60. The molecule has 2 heterocycles. The molecule has 5 nitrogen and oxygen atoms in total. The van der Waals surface area contributed by atoms with Gasteiger partial charge in [-0.2, -0.15) is 0 Å². The Morgan fingerprint density at radius 2 is 1.48 bits per heavy atom. The molecule has 3 aliphatic rings. The summed E-state index contributed by atoms with van der Waals surface area (Å²) in [5.74, 6) is 1.45. The molecule has 0 bridgehead atoms. The molecule has 0 N–H and O–H groups in total. The van der Waals surface area contributed by atoms with Crippen LogP contribution in [0.2, 0.25) is 0 Å². The van der Waals surface area contributed by atoms with Gasteiger partial charge in [-0.25, -0.2) is 0 Å². The number of nitrogens with zero attached hydrogens (tertiary/aromatic N) is 4. The quantitative estimate of drug-likeness (QED) is 0.773. The van der Waals surface area contributed by atoms with Crippen LogP contribution in [0.4, 0.5) is 0 Å². The van der Waals surface area contributed by atoms with Gasteiger partial charge in [0.1, 0.15) is 0 Å². The number of ether oxygens (including phenoxy) is 1. The fourth-order valence-corrected chi connectivity index (χ4v) is 5.56. The molecule has 0 aromatic carbocycles. The molecule has 5 unspecified atom stereocenters. The Morgan fingerprint density at radius 3 is 2.09 bits per heavy atom. The summed E-state index contributed by atoms with van der Waals surface area (Å²) in [7, 11) is 4.55. The van der Waals surface area contributed by atoms with Gasteiger partial charge >= 0.3 is 0 Å². The zero-order valence-electron chi connectivity index (χ0n) is 15.7. The second-order valence-corrected chi connectivity index (χ2v) is 7.80. The van der Waals surface area contributed by atoms with Crippen LogP contribution < -0.4 is 0 Å². The lowest BCUT2D eigenvalue weighted by atomic mass is 9.69. The molecule has 0 amide bonds. The zero-order chi connectivity index (χ0) is 16.6. The second kappa shape index (κ2) is 7.36. The minimum atomic E-state index is 0.408. The standard InChI is InChI=1S/C18H36N4O/c1-6-21-12-19(4)10-14-9-16(23-8-3)18-15(17(14)21)11-20(5)13-22(18)7-2/h14-18H,6-13H2,1-5H3. The van der Waals surface area contributed by atoms with Crippen molar-refractivity contribution in [1.82, 2.24) is 19.6 Å². The number of hydrogen-bond acceptors (Lipinski definition) is 5. The van der Waals surface area contributed by atoms with Crippen molar-refractivity contribution in [3.05, 3.63) is 0 Å². The van der Waals surface area contributed by atoms with Crippen molar-refractivity contribution in [2.75, 3.05) is 60.2 Å². The first-order chi connectivity index (χ1) is 11.1. The summed E-state index contributed by atoms with van der Waals surface area (Å²) in [6.45, 7) is 14.5. The van der Waals surface area contributed by atoms with E-state index in [1.165, 1.54) is 19.5 Å². The third-order valence-corrected chi connectivity index (χ3v) is 6.23. The average Bonchev–Trinajstić information content (AvgIpc) is 2.52. The lowest BCUT2D eigenvalue weighted by molar-refractivity contribution is -0.159. The summed E-state index contributed by atoms with van der Waals surface area (Å²) >= 11 is 0. The summed E-state index contributed by atoms with van der Waals surface area (Å²) in [5.41, 5.74) is 0. The Balaban J connectivity index is 1.90. The maximum absolute atomic E-state index is 6.28. The summed E-state index contributed by atoms with van der Waals surface area (Å²) in [4.78, 5) is 10.4. The summed E-state index contributed by atoms with van der Waals surface area (Å²) in [6, 6.07) is 1.31. The second-order valence-electron chi connectivity index (χ2n) is 7.80. The zero-order valence-corrected chi connectivity index (χ0v) is 15.7. The van der Waals surface area contributed by atoms with E-state index >= 15 is 0 Å². The van der Waals surface area contributed by atoms with Gasteiger partial charge in [0.05, 0.1) is 19.4 Å². The SMILES string of the molecule is CCOC1CC2CN(C)CN(CC)C2C2CN(C)CN(CC)C12. The van der Waals surface area contributed by atoms with Crippen LogP contribution in [-0.2, 0) is 4.74 Å². The number of hydrogen-bond donors (Lipinski definition) is 0. The van der Waals surface area contributed by atoms with E-state index in [1.54, 1.807) is 0 Å². The van der Waals surface area contributed by atoms with E-state index in [0.717, 1.165) is 45.0 Å². The topological polar surface area (TPSA) is 22.2 Å². The van der Waals surface area contributed by atoms with E-state index in [0.29, 0.717) is 18.1 Å². The van der Waals surface area contributed by atoms with Crippen molar-refractivity contribution in [2.45, 2.75) is 45.4 Å². The number of likely N-dealkylation sites (N-methyl/N-ethyl adjacent to an activating group) is 1. The van der Waals surface area contributed by atoms with E-state index < -0.39 is 0 Å². The van der Waals surface area contributed by atoms with Crippen molar-refractivity contribution in [3.63, 3.8) is 0 Å². The van der Waals surface area contributed by atoms with Gasteiger partial charge in [0, 0.05) is 37.7 Å². The first kappa shape index (κ1) is 17.6. The molecule has 23 heavy (non-hydrogen) atoms. The minimum Gasteiger partial charge on any atom is -0.377 e. The van der Waals surface area contributed by atoms with Crippen LogP contribution in [0.1, 0.15) is 27.2 Å². The van der Waals surface area contributed by atoms with Crippen molar-refractivity contribution in [1.29, 1.82) is 0 Å². The van der Waals surface area contributed by atoms with E-state index in [4.69, 9.17) is 4.74 Å². The molecular formula is C18H36N4O. The molecular weight excluding hydrogens is 288 g/mol. The maximum Gasteiger partial charge on any atom is 0.0738 e. The van der Waals surface area contributed by atoms with E-state index in [-0.39, 0.29) is 0 Å². The van der Waals surface area contributed by atoms with Gasteiger partial charge in [-0.1, -0.05) is 13.8 Å². The molecule has 0 spiro atoms. The van der Waals surface area contributed by atoms with Crippen molar-refractivity contribution < 1.29 is 4.74 Å². The fraction of sp³-hybridized carbons (Fsp3) is 1.00. The van der Waals surface area contributed by atoms with Crippen LogP contribution in [0.25, 0.3) is 0 Å². The van der Waals surface area contributed by atoms with Crippen molar-refractivity contribution in [3.8, 4) is 0 Å². The van der Waals surface area contributed by atoms with Gasteiger partial charge in [-0.05, 0) is 46.4 Å². The molecule has 134 valence electrons. The lowest BCUT2D eigenvalue weighted by Crippen LogP contribution is -2.71. The molecule has 3 fully saturated rings. The molecule has 0 radical (unpaired) electrons. The fourth-order valence-electron chi connectivity index (χ4n) is 5.56. The minimum absolute atomic E-state index is 0.408. The summed E-state index contributed by atoms with van der Waals surface area (Å²) < 4.78 is 6.28. The number of fused-ring (bicyclic) bond motifs is 3. The van der Waals surface area contributed by atoms with E-state index in [9.17, 15) is 0 Å². The van der Waals surface area contributed by atoms with Crippen LogP contribution in [0.15, 0.2) is 0 Å². The van der Waals surface area contributed by atoms with Gasteiger partial charge in [0.15, 0.2) is 0 Å². The van der Waals surface area contributed by atoms with Crippen LogP contribution in [-0.4, -0.2) is 98.0 Å². The highest BCUT2D eigenvalue weighted by atomic mass is 16.5. The van der Waals surface area contributed by atoms with Gasteiger partial charge < -0.3 is 4.74 Å². The van der Waals surface area contributed by atoms with E-state index in [2.05, 4.69) is 54.5 Å². The predicted octanol–water partition coefficient (Wildman–Crippen LogP) is 1.21. The Bertz CT molecular complexity index is 375. The van der Waals surface area contributed by atoms with Gasteiger partial charge in [-0.15, -0.1) is 0 Å². The molecule has 2 aliphatic heterocycles. The highest BCUT2D eigenvalue weighted by Gasteiger charge is 2.52. The largest absolute Gasteiger partial charge is 0.377 e. The van der Waals surface area contributed by atoms with Crippen molar-refractivity contribution in [2.24, 2.45) is 11.8 Å². The third kappa shape index (κ3) is 3.31. The smallest absolute Gasteiger partial charge is 0.0738 e. The van der Waals surface area contributed by atoms with E-state index in [1.807, 2.05) is 0 Å². The molecule has 3 rings (SSSR count). The Labute approximate surface area is 142 Å². The van der Waals surface area contributed by atoms with Gasteiger partial charge in [-0.3, -0.25) is 19.6 Å². The highest BCUT2D eigenvalue weighted by molar-refractivity contribution is 5.06. The average molecular weight is 325 g/mol.